The normalized spacial score (nSPS) is 10.9. The van der Waals surface area contributed by atoms with E-state index in [0.717, 1.165) is 0 Å². The minimum Gasteiger partial charge on any atom is -0.0622 e. The van der Waals surface area contributed by atoms with Crippen LogP contribution in [0.3, 0.4) is 0 Å². The summed E-state index contributed by atoms with van der Waals surface area (Å²) >= 11 is 0. The van der Waals surface area contributed by atoms with Crippen molar-refractivity contribution in [3.05, 3.63) is 70.8 Å². The molecule has 0 unspecified atom stereocenters. The van der Waals surface area contributed by atoms with E-state index in [1.54, 1.807) is 0 Å². The average Bonchev–Trinajstić information content (AvgIpc) is 2.32. The average molecular weight is 208 g/mol. The van der Waals surface area contributed by atoms with Gasteiger partial charge in [-0.3, -0.25) is 0 Å². The fourth-order valence-corrected chi connectivity index (χ4v) is 1.70. The fourth-order valence-electron chi connectivity index (χ4n) is 1.70. The summed E-state index contributed by atoms with van der Waals surface area (Å²) in [7, 11) is 0. The molecule has 0 heteroatoms. The smallest absolute Gasteiger partial charge is 0.0224 e. The molecule has 0 aliphatic rings. The van der Waals surface area contributed by atoms with Gasteiger partial charge in [0.05, 0.1) is 0 Å². The molecule has 0 spiro atoms. The Morgan fingerprint density at radius 3 is 2.25 bits per heavy atom. The van der Waals surface area contributed by atoms with Crippen molar-refractivity contribution in [3.63, 3.8) is 0 Å². The summed E-state index contributed by atoms with van der Waals surface area (Å²) < 4.78 is 0. The van der Waals surface area contributed by atoms with E-state index in [1.165, 1.54) is 22.3 Å². The third-order valence-electron chi connectivity index (χ3n) is 2.90. The molecule has 0 amide bonds. The molecule has 0 aliphatic carbocycles. The lowest BCUT2D eigenvalue weighted by molar-refractivity contribution is 1.33. The molecule has 2 aromatic rings. The van der Waals surface area contributed by atoms with Crippen LogP contribution in [0.25, 0.3) is 12.2 Å². The molecule has 0 saturated heterocycles. The molecule has 0 saturated carbocycles. The Labute approximate surface area is 97.3 Å². The summed E-state index contributed by atoms with van der Waals surface area (Å²) in [6, 6.07) is 16.8. The van der Waals surface area contributed by atoms with Crippen LogP contribution in [0.4, 0.5) is 0 Å². The molecule has 2 aromatic carbocycles. The van der Waals surface area contributed by atoms with E-state index in [9.17, 15) is 0 Å². The van der Waals surface area contributed by atoms with Gasteiger partial charge in [-0.2, -0.15) is 0 Å². The number of aryl methyl sites for hydroxylation is 1. The monoisotopic (exact) mass is 208 g/mol. The lowest BCUT2D eigenvalue weighted by Crippen LogP contribution is -1.84. The molecule has 0 radical (unpaired) electrons. The van der Waals surface area contributed by atoms with E-state index in [2.05, 4.69) is 68.5 Å². The summed E-state index contributed by atoms with van der Waals surface area (Å²) in [5.74, 6) is 0. The predicted molar refractivity (Wildman–Crippen MR) is 71.3 cm³/mol. The molecular weight excluding hydrogens is 192 g/mol. The minimum absolute atomic E-state index is 1.24. The van der Waals surface area contributed by atoms with Crippen molar-refractivity contribution in [3.8, 4) is 0 Å². The molecule has 0 aromatic heterocycles. The third-order valence-corrected chi connectivity index (χ3v) is 2.90. The maximum absolute atomic E-state index is 2.18. The molecule has 0 nitrogen and oxygen atoms in total. The van der Waals surface area contributed by atoms with Crippen LogP contribution in [-0.2, 0) is 0 Å². The third kappa shape index (κ3) is 2.40. The summed E-state index contributed by atoms with van der Waals surface area (Å²) in [4.78, 5) is 0. The minimum atomic E-state index is 1.24. The van der Waals surface area contributed by atoms with E-state index >= 15 is 0 Å². The van der Waals surface area contributed by atoms with Gasteiger partial charge in [-0.05, 0) is 36.1 Å². The number of rotatable bonds is 2. The Morgan fingerprint density at radius 1 is 0.750 bits per heavy atom. The second kappa shape index (κ2) is 4.80. The Hall–Kier alpha value is -1.82. The summed E-state index contributed by atoms with van der Waals surface area (Å²) in [5, 5.41) is 0. The Kier molecular flexibility index (Phi) is 3.21. The Morgan fingerprint density at radius 2 is 1.50 bits per heavy atom. The van der Waals surface area contributed by atoms with Crippen molar-refractivity contribution in [2.24, 2.45) is 0 Å². The molecule has 0 N–H and O–H groups in total. The van der Waals surface area contributed by atoms with Crippen molar-refractivity contribution < 1.29 is 0 Å². The molecule has 80 valence electrons. The summed E-state index contributed by atoms with van der Waals surface area (Å²) in [6.07, 6.45) is 4.33. The first kappa shape index (κ1) is 10.7. The first-order valence-electron chi connectivity index (χ1n) is 5.57. The molecule has 0 fully saturated rings. The molecule has 0 heterocycles. The van der Waals surface area contributed by atoms with E-state index in [-0.39, 0.29) is 0 Å². The Bertz CT molecular complexity index is 493. The van der Waals surface area contributed by atoms with Gasteiger partial charge in [0.15, 0.2) is 0 Å². The van der Waals surface area contributed by atoms with Crippen LogP contribution >= 0.6 is 0 Å². The molecular formula is C16H16. The van der Waals surface area contributed by atoms with E-state index in [4.69, 9.17) is 0 Å². The zero-order valence-electron chi connectivity index (χ0n) is 9.77. The van der Waals surface area contributed by atoms with Crippen LogP contribution in [0.1, 0.15) is 22.3 Å². The van der Waals surface area contributed by atoms with Crippen molar-refractivity contribution in [2.45, 2.75) is 13.8 Å². The SMILES string of the molecule is Cc1cccc(C=Cc2ccccc2)c1C. The molecule has 0 aliphatic heterocycles. The lowest BCUT2D eigenvalue weighted by atomic mass is 10.0. The predicted octanol–water partition coefficient (Wildman–Crippen LogP) is 4.47. The topological polar surface area (TPSA) is 0 Å². The highest BCUT2D eigenvalue weighted by atomic mass is 14.0. The summed E-state index contributed by atoms with van der Waals surface area (Å²) in [6.45, 7) is 4.31. The first-order chi connectivity index (χ1) is 7.77. The van der Waals surface area contributed by atoms with Crippen LogP contribution in [0.2, 0.25) is 0 Å². The zero-order valence-corrected chi connectivity index (χ0v) is 9.77. The van der Waals surface area contributed by atoms with Gasteiger partial charge in [-0.1, -0.05) is 60.7 Å². The number of hydrogen-bond acceptors (Lipinski definition) is 0. The van der Waals surface area contributed by atoms with Gasteiger partial charge in [-0.25, -0.2) is 0 Å². The van der Waals surface area contributed by atoms with Crippen molar-refractivity contribution in [1.29, 1.82) is 0 Å². The maximum atomic E-state index is 2.18. The van der Waals surface area contributed by atoms with Crippen molar-refractivity contribution in [1.82, 2.24) is 0 Å². The largest absolute Gasteiger partial charge is 0.0622 e. The van der Waals surface area contributed by atoms with Gasteiger partial charge >= 0.3 is 0 Å². The second-order valence-corrected chi connectivity index (χ2v) is 4.03. The second-order valence-electron chi connectivity index (χ2n) is 4.03. The highest BCUT2D eigenvalue weighted by Gasteiger charge is 1.95. The van der Waals surface area contributed by atoms with Gasteiger partial charge in [-0.15, -0.1) is 0 Å². The van der Waals surface area contributed by atoms with Gasteiger partial charge in [0.1, 0.15) is 0 Å². The van der Waals surface area contributed by atoms with Crippen LogP contribution < -0.4 is 0 Å². The molecule has 0 bridgehead atoms. The summed E-state index contributed by atoms with van der Waals surface area (Å²) in [5.41, 5.74) is 5.23. The van der Waals surface area contributed by atoms with E-state index < -0.39 is 0 Å². The van der Waals surface area contributed by atoms with Gasteiger partial charge in [0.25, 0.3) is 0 Å². The first-order valence-corrected chi connectivity index (χ1v) is 5.57. The number of hydrogen-bond donors (Lipinski definition) is 0. The zero-order chi connectivity index (χ0) is 11.4. The molecule has 16 heavy (non-hydrogen) atoms. The van der Waals surface area contributed by atoms with Crippen LogP contribution in [0, 0.1) is 13.8 Å². The van der Waals surface area contributed by atoms with Gasteiger partial charge in [0.2, 0.25) is 0 Å². The Balaban J connectivity index is 2.28. The van der Waals surface area contributed by atoms with Gasteiger partial charge in [0, 0.05) is 0 Å². The van der Waals surface area contributed by atoms with E-state index in [0.29, 0.717) is 0 Å². The van der Waals surface area contributed by atoms with Crippen LogP contribution in [0.15, 0.2) is 48.5 Å². The highest BCUT2D eigenvalue weighted by Crippen LogP contribution is 2.15. The number of benzene rings is 2. The van der Waals surface area contributed by atoms with Crippen LogP contribution in [0.5, 0.6) is 0 Å². The quantitative estimate of drug-likeness (QED) is 0.638. The van der Waals surface area contributed by atoms with Crippen molar-refractivity contribution in [2.75, 3.05) is 0 Å². The standard InChI is InChI=1S/C16H16/c1-13-7-6-10-16(14(13)2)12-11-15-8-4-3-5-9-15/h3-12H,1-2H3. The molecule has 0 atom stereocenters. The fraction of sp³-hybridized carbons (Fsp3) is 0.125. The van der Waals surface area contributed by atoms with Crippen molar-refractivity contribution >= 4 is 12.2 Å². The molecule has 2 rings (SSSR count). The maximum Gasteiger partial charge on any atom is -0.0224 e. The highest BCUT2D eigenvalue weighted by molar-refractivity contribution is 5.71. The van der Waals surface area contributed by atoms with Crippen LogP contribution in [-0.4, -0.2) is 0 Å². The van der Waals surface area contributed by atoms with Gasteiger partial charge < -0.3 is 0 Å². The lowest BCUT2D eigenvalue weighted by Gasteiger charge is -2.03. The van der Waals surface area contributed by atoms with E-state index in [1.807, 2.05) is 6.07 Å².